The van der Waals surface area contributed by atoms with E-state index in [2.05, 4.69) is 16.8 Å². The van der Waals surface area contributed by atoms with E-state index in [9.17, 15) is 19.0 Å². The molecule has 2 aliphatic rings. The van der Waals surface area contributed by atoms with Crippen LogP contribution in [0.15, 0.2) is 36.4 Å². The molecule has 206 valence electrons. The lowest BCUT2D eigenvalue weighted by atomic mass is 9.85. The molecule has 0 bridgehead atoms. The fourth-order valence-electron chi connectivity index (χ4n) is 6.06. The molecule has 3 N–H and O–H groups in total. The maximum absolute atomic E-state index is 15.8. The maximum Gasteiger partial charge on any atom is 0.283 e. The summed E-state index contributed by atoms with van der Waals surface area (Å²) in [6.07, 6.45) is 1.52. The minimum absolute atomic E-state index is 0.119. The third-order valence-corrected chi connectivity index (χ3v) is 8.14. The number of para-hydroxylation sites is 1. The Morgan fingerprint density at radius 2 is 1.82 bits per heavy atom. The number of nitrogens with one attached hydrogen (secondary N) is 1. The topological polar surface area (TPSA) is 62.7 Å². The normalized spacial score (nSPS) is 22.0. The molecule has 2 aromatic carbocycles. The summed E-state index contributed by atoms with van der Waals surface area (Å²) >= 11 is 0. The summed E-state index contributed by atoms with van der Waals surface area (Å²) in [4.78, 5) is 6.80. The number of alkyl halides is 2. The second-order valence-corrected chi connectivity index (χ2v) is 10.9. The SMILES string of the molecule is CCCCN1CC(C(O)c2cc(F)c([C@@H]3c4[nH]c5ccccc5c4C[C@@H](C)N3CC(F)(F)CO)c(F)c2)C1. The van der Waals surface area contributed by atoms with Crippen molar-refractivity contribution in [2.75, 3.05) is 32.8 Å². The quantitative estimate of drug-likeness (QED) is 0.332. The fourth-order valence-corrected chi connectivity index (χ4v) is 6.06. The van der Waals surface area contributed by atoms with Gasteiger partial charge < -0.3 is 20.1 Å². The van der Waals surface area contributed by atoms with E-state index in [0.717, 1.165) is 48.0 Å². The van der Waals surface area contributed by atoms with Gasteiger partial charge in [0, 0.05) is 47.2 Å². The van der Waals surface area contributed by atoms with Crippen LogP contribution in [0.25, 0.3) is 10.9 Å². The number of rotatable bonds is 9. The van der Waals surface area contributed by atoms with Gasteiger partial charge in [0.15, 0.2) is 0 Å². The first-order valence-corrected chi connectivity index (χ1v) is 13.4. The summed E-state index contributed by atoms with van der Waals surface area (Å²) in [7, 11) is 0. The molecule has 38 heavy (non-hydrogen) atoms. The van der Waals surface area contributed by atoms with Gasteiger partial charge in [0.25, 0.3) is 5.92 Å². The lowest BCUT2D eigenvalue weighted by molar-refractivity contribution is -0.0869. The first kappa shape index (κ1) is 27.1. The molecule has 1 saturated heterocycles. The highest BCUT2D eigenvalue weighted by Gasteiger charge is 2.44. The minimum Gasteiger partial charge on any atom is -0.390 e. The van der Waals surface area contributed by atoms with Crippen molar-refractivity contribution in [1.29, 1.82) is 0 Å². The first-order chi connectivity index (χ1) is 18.1. The number of hydrogen-bond acceptors (Lipinski definition) is 4. The predicted molar refractivity (Wildman–Crippen MR) is 138 cm³/mol. The summed E-state index contributed by atoms with van der Waals surface area (Å²) in [6.45, 7) is 3.89. The van der Waals surface area contributed by atoms with Gasteiger partial charge in [-0.1, -0.05) is 31.5 Å². The number of hydrogen-bond donors (Lipinski definition) is 3. The average Bonchev–Trinajstić information content (AvgIpc) is 3.22. The molecule has 2 aliphatic heterocycles. The number of H-pyrrole nitrogens is 1. The number of halogens is 4. The van der Waals surface area contributed by atoms with Crippen LogP contribution in [-0.2, 0) is 6.42 Å². The number of fused-ring (bicyclic) bond motifs is 3. The molecule has 1 aromatic heterocycles. The van der Waals surface area contributed by atoms with Crippen molar-refractivity contribution in [3.8, 4) is 0 Å². The monoisotopic (exact) mass is 533 g/mol. The number of aromatic nitrogens is 1. The molecule has 0 aliphatic carbocycles. The zero-order valence-electron chi connectivity index (χ0n) is 21.7. The maximum atomic E-state index is 15.8. The molecule has 5 rings (SSSR count). The third-order valence-electron chi connectivity index (χ3n) is 8.14. The third kappa shape index (κ3) is 4.97. The molecule has 3 aromatic rings. The number of nitrogens with zero attached hydrogens (tertiary/aromatic N) is 2. The van der Waals surface area contributed by atoms with E-state index < -0.39 is 48.9 Å². The number of aliphatic hydroxyl groups is 2. The van der Waals surface area contributed by atoms with Crippen molar-refractivity contribution in [1.82, 2.24) is 14.8 Å². The van der Waals surface area contributed by atoms with E-state index in [4.69, 9.17) is 0 Å². The van der Waals surface area contributed by atoms with Crippen LogP contribution in [0.4, 0.5) is 17.6 Å². The van der Waals surface area contributed by atoms with E-state index >= 15 is 8.78 Å². The molecule has 1 unspecified atom stereocenters. The van der Waals surface area contributed by atoms with Gasteiger partial charge in [-0.15, -0.1) is 0 Å². The van der Waals surface area contributed by atoms with E-state index in [-0.39, 0.29) is 17.0 Å². The summed E-state index contributed by atoms with van der Waals surface area (Å²) < 4.78 is 60.6. The number of unbranched alkanes of at least 4 members (excludes halogenated alkanes) is 1. The van der Waals surface area contributed by atoms with Crippen molar-refractivity contribution in [2.24, 2.45) is 5.92 Å². The number of aromatic amines is 1. The first-order valence-electron chi connectivity index (χ1n) is 13.4. The van der Waals surface area contributed by atoms with Crippen molar-refractivity contribution < 1.29 is 27.8 Å². The Bertz CT molecular complexity index is 1270. The van der Waals surface area contributed by atoms with Crippen LogP contribution < -0.4 is 0 Å². The number of benzene rings is 2. The van der Waals surface area contributed by atoms with Crippen molar-refractivity contribution in [3.63, 3.8) is 0 Å². The smallest absolute Gasteiger partial charge is 0.283 e. The van der Waals surface area contributed by atoms with Crippen LogP contribution in [0.5, 0.6) is 0 Å². The molecule has 1 fully saturated rings. The minimum atomic E-state index is -3.45. The van der Waals surface area contributed by atoms with Gasteiger partial charge >= 0.3 is 0 Å². The summed E-state index contributed by atoms with van der Waals surface area (Å²) in [6, 6.07) is 8.10. The summed E-state index contributed by atoms with van der Waals surface area (Å²) in [5.41, 5.74) is 1.88. The van der Waals surface area contributed by atoms with Crippen LogP contribution in [-0.4, -0.2) is 69.7 Å². The molecular weight excluding hydrogens is 498 g/mol. The molecule has 3 atom stereocenters. The molecule has 0 radical (unpaired) electrons. The van der Waals surface area contributed by atoms with E-state index in [0.29, 0.717) is 25.2 Å². The Hall–Kier alpha value is -2.46. The van der Waals surface area contributed by atoms with Crippen molar-refractivity contribution in [2.45, 2.75) is 57.2 Å². The molecule has 0 spiro atoms. The standard InChI is InChI=1S/C29H35F4N3O2/c1-3-4-9-35-13-19(14-35)28(38)18-11-22(30)25(23(31)12-18)27-26-21(20-7-5-6-8-24(20)34-26)10-17(2)36(27)15-29(32,33)16-37/h5-8,11-12,17,19,27-28,34,37-38H,3-4,9-10,13-16H2,1-2H3/t17-,27-,28?/m1/s1. The van der Waals surface area contributed by atoms with Gasteiger partial charge in [0.05, 0.1) is 18.7 Å². The van der Waals surface area contributed by atoms with Gasteiger partial charge in [-0.2, -0.15) is 0 Å². The Kier molecular flexibility index (Phi) is 7.57. The van der Waals surface area contributed by atoms with E-state index in [1.165, 1.54) is 4.90 Å². The molecule has 5 nitrogen and oxygen atoms in total. The molecule has 0 amide bonds. The lowest BCUT2D eigenvalue weighted by Crippen LogP contribution is -2.50. The molecular formula is C29H35F4N3O2. The number of likely N-dealkylation sites (tertiary alicyclic amines) is 1. The second-order valence-electron chi connectivity index (χ2n) is 10.9. The van der Waals surface area contributed by atoms with Gasteiger partial charge in [-0.3, -0.25) is 4.90 Å². The Morgan fingerprint density at radius 3 is 2.47 bits per heavy atom. The van der Waals surface area contributed by atoms with Gasteiger partial charge in [-0.25, -0.2) is 17.6 Å². The Morgan fingerprint density at radius 1 is 1.13 bits per heavy atom. The van der Waals surface area contributed by atoms with Crippen LogP contribution in [0.2, 0.25) is 0 Å². The molecule has 9 heteroatoms. The largest absolute Gasteiger partial charge is 0.390 e. The predicted octanol–water partition coefficient (Wildman–Crippen LogP) is 5.18. The Balaban J connectivity index is 1.53. The van der Waals surface area contributed by atoms with Crippen LogP contribution in [0, 0.1) is 17.6 Å². The van der Waals surface area contributed by atoms with Crippen molar-refractivity contribution >= 4 is 10.9 Å². The van der Waals surface area contributed by atoms with Gasteiger partial charge in [0.1, 0.15) is 18.2 Å². The summed E-state index contributed by atoms with van der Waals surface area (Å²) in [5, 5.41) is 21.0. The second kappa shape index (κ2) is 10.6. The highest BCUT2D eigenvalue weighted by molar-refractivity contribution is 5.85. The average molecular weight is 534 g/mol. The highest BCUT2D eigenvalue weighted by atomic mass is 19.3. The fraction of sp³-hybridized carbons (Fsp3) is 0.517. The zero-order valence-corrected chi connectivity index (χ0v) is 21.7. The van der Waals surface area contributed by atoms with Gasteiger partial charge in [0.2, 0.25) is 0 Å². The lowest BCUT2D eigenvalue weighted by Gasteiger charge is -2.43. The highest BCUT2D eigenvalue weighted by Crippen LogP contribution is 2.44. The van der Waals surface area contributed by atoms with E-state index in [1.807, 2.05) is 24.3 Å². The van der Waals surface area contributed by atoms with Crippen LogP contribution in [0.1, 0.15) is 61.2 Å². The van der Waals surface area contributed by atoms with Gasteiger partial charge in [-0.05, 0) is 55.6 Å². The molecule has 3 heterocycles. The Labute approximate surface area is 220 Å². The molecule has 0 saturated carbocycles. The number of aliphatic hydroxyl groups excluding tert-OH is 2. The van der Waals surface area contributed by atoms with Crippen LogP contribution >= 0.6 is 0 Å². The van der Waals surface area contributed by atoms with Crippen molar-refractivity contribution in [3.05, 3.63) is 70.4 Å². The summed E-state index contributed by atoms with van der Waals surface area (Å²) in [5.74, 6) is -5.34. The zero-order chi connectivity index (χ0) is 27.2. The van der Waals surface area contributed by atoms with Crippen LogP contribution in [0.3, 0.4) is 0 Å². The van der Waals surface area contributed by atoms with E-state index in [1.54, 1.807) is 6.92 Å².